The summed E-state index contributed by atoms with van der Waals surface area (Å²) in [5.74, 6) is -0.00785. The van der Waals surface area contributed by atoms with Gasteiger partial charge in [-0.25, -0.2) is 8.42 Å². The van der Waals surface area contributed by atoms with E-state index in [1.807, 2.05) is 13.8 Å². The molecule has 0 fully saturated rings. The first kappa shape index (κ1) is 20.5. The van der Waals surface area contributed by atoms with Crippen molar-refractivity contribution in [2.45, 2.75) is 23.4 Å². The number of benzene rings is 1. The average molecular weight is 417 g/mol. The molecule has 0 spiro atoms. The molecular weight excluding hydrogens is 396 g/mol. The molecule has 1 N–H and O–H groups in total. The van der Waals surface area contributed by atoms with Crippen molar-refractivity contribution in [1.29, 1.82) is 0 Å². The summed E-state index contributed by atoms with van der Waals surface area (Å²) in [5.41, 5.74) is 0.343. The van der Waals surface area contributed by atoms with Crippen molar-refractivity contribution in [3.63, 3.8) is 0 Å². The number of aromatic nitrogens is 2. The first-order valence-electron chi connectivity index (χ1n) is 7.61. The van der Waals surface area contributed by atoms with Crippen molar-refractivity contribution in [2.24, 2.45) is 0 Å². The Morgan fingerprint density at radius 1 is 1.38 bits per heavy atom. The summed E-state index contributed by atoms with van der Waals surface area (Å²) in [6, 6.07) is 6.50. The van der Waals surface area contributed by atoms with Gasteiger partial charge in [0.1, 0.15) is 12.3 Å². The lowest BCUT2D eigenvalue weighted by molar-refractivity contribution is -0.114. The van der Waals surface area contributed by atoms with Crippen molar-refractivity contribution < 1.29 is 17.9 Å². The predicted molar refractivity (Wildman–Crippen MR) is 105 cm³/mol. The van der Waals surface area contributed by atoms with Crippen LogP contribution in [0.5, 0.6) is 5.75 Å². The summed E-state index contributed by atoms with van der Waals surface area (Å²) in [7, 11) is -2.18. The fourth-order valence-electron chi connectivity index (χ4n) is 1.96. The summed E-state index contributed by atoms with van der Waals surface area (Å²) < 4.78 is 31.1. The van der Waals surface area contributed by atoms with Crippen LogP contribution in [0.1, 0.15) is 13.8 Å². The van der Waals surface area contributed by atoms with Gasteiger partial charge in [0.15, 0.2) is 4.34 Å². The van der Waals surface area contributed by atoms with Crippen LogP contribution < -0.4 is 14.4 Å². The summed E-state index contributed by atoms with van der Waals surface area (Å²) in [6.45, 7) is 3.68. The number of carbonyl (C=O) groups excluding carboxylic acids is 1. The van der Waals surface area contributed by atoms with E-state index in [0.717, 1.165) is 14.9 Å². The van der Waals surface area contributed by atoms with Crippen LogP contribution in [-0.2, 0) is 14.8 Å². The molecule has 0 atom stereocenters. The standard InChI is InChI=1S/C15H20N4O4S3/c1-10(2)24-15-18-17-14(25-15)16-13(20)9-19(26(4,21)22)11-6-5-7-12(8-11)23-3/h5-8,10H,9H2,1-4H3,(H,16,17,20). The van der Waals surface area contributed by atoms with Gasteiger partial charge in [0, 0.05) is 11.3 Å². The monoisotopic (exact) mass is 416 g/mol. The minimum atomic E-state index is -3.66. The second kappa shape index (κ2) is 8.69. The molecule has 26 heavy (non-hydrogen) atoms. The smallest absolute Gasteiger partial charge is 0.246 e. The second-order valence-corrected chi connectivity index (χ2v) is 10.3. The number of anilines is 2. The fraction of sp³-hybridized carbons (Fsp3) is 0.400. The summed E-state index contributed by atoms with van der Waals surface area (Å²) >= 11 is 2.79. The zero-order chi connectivity index (χ0) is 19.3. The van der Waals surface area contributed by atoms with Gasteiger partial charge in [-0.2, -0.15) is 0 Å². The lowest BCUT2D eigenvalue weighted by Crippen LogP contribution is -2.37. The molecule has 0 aliphatic carbocycles. The topological polar surface area (TPSA) is 101 Å². The average Bonchev–Trinajstić information content (AvgIpc) is 2.97. The molecule has 0 aliphatic rings. The molecule has 1 aromatic carbocycles. The maximum atomic E-state index is 12.3. The number of nitrogens with zero attached hydrogens (tertiary/aromatic N) is 3. The zero-order valence-corrected chi connectivity index (χ0v) is 17.2. The Morgan fingerprint density at radius 2 is 2.12 bits per heavy atom. The highest BCUT2D eigenvalue weighted by molar-refractivity contribution is 8.01. The van der Waals surface area contributed by atoms with Gasteiger partial charge in [0.25, 0.3) is 0 Å². The SMILES string of the molecule is COc1cccc(N(CC(=O)Nc2nnc(SC(C)C)s2)S(C)(=O)=O)c1. The van der Waals surface area contributed by atoms with Crippen molar-refractivity contribution >= 4 is 49.8 Å². The van der Waals surface area contributed by atoms with E-state index >= 15 is 0 Å². The molecule has 2 aromatic rings. The third kappa shape index (κ3) is 5.85. The van der Waals surface area contributed by atoms with E-state index in [4.69, 9.17) is 4.74 Å². The Hall–Kier alpha value is -1.85. The van der Waals surface area contributed by atoms with Gasteiger partial charge in [-0.1, -0.05) is 43.0 Å². The molecule has 0 saturated heterocycles. The van der Waals surface area contributed by atoms with Crippen molar-refractivity contribution in [3.8, 4) is 5.75 Å². The quantitative estimate of drug-likeness (QED) is 0.521. The van der Waals surface area contributed by atoms with Crippen molar-refractivity contribution in [2.75, 3.05) is 29.5 Å². The number of hydrogen-bond acceptors (Lipinski definition) is 8. The predicted octanol–water partition coefficient (Wildman–Crippen LogP) is 2.45. The highest BCUT2D eigenvalue weighted by Gasteiger charge is 2.22. The van der Waals surface area contributed by atoms with E-state index < -0.39 is 15.9 Å². The summed E-state index contributed by atoms with van der Waals surface area (Å²) in [6.07, 6.45) is 1.04. The van der Waals surface area contributed by atoms with E-state index in [0.29, 0.717) is 21.8 Å². The number of ether oxygens (including phenoxy) is 1. The van der Waals surface area contributed by atoms with Crippen molar-refractivity contribution in [1.82, 2.24) is 10.2 Å². The first-order chi connectivity index (χ1) is 12.2. The van der Waals surface area contributed by atoms with Gasteiger partial charge in [-0.15, -0.1) is 10.2 Å². The molecular formula is C15H20N4O4S3. The maximum Gasteiger partial charge on any atom is 0.246 e. The lowest BCUT2D eigenvalue weighted by Gasteiger charge is -2.21. The number of thioether (sulfide) groups is 1. The molecule has 11 heteroatoms. The Bertz CT molecular complexity index is 867. The van der Waals surface area contributed by atoms with Gasteiger partial charge >= 0.3 is 0 Å². The minimum Gasteiger partial charge on any atom is -0.497 e. The third-order valence-corrected chi connectivity index (χ3v) is 6.09. The number of methoxy groups -OCH3 is 1. The third-order valence-electron chi connectivity index (χ3n) is 3.02. The Morgan fingerprint density at radius 3 is 2.73 bits per heavy atom. The molecule has 0 aliphatic heterocycles. The Balaban J connectivity index is 2.13. The molecule has 1 heterocycles. The fourth-order valence-corrected chi connectivity index (χ4v) is 4.80. The second-order valence-electron chi connectivity index (χ2n) is 5.56. The Kier molecular flexibility index (Phi) is 6.84. The van der Waals surface area contributed by atoms with E-state index in [2.05, 4.69) is 15.5 Å². The van der Waals surface area contributed by atoms with E-state index in [1.165, 1.54) is 30.2 Å². The molecule has 2 rings (SSSR count). The van der Waals surface area contributed by atoms with Crippen LogP contribution in [0.15, 0.2) is 28.6 Å². The molecule has 0 radical (unpaired) electrons. The highest BCUT2D eigenvalue weighted by atomic mass is 32.2. The van der Waals surface area contributed by atoms with Crippen LogP contribution in [-0.4, -0.2) is 49.7 Å². The molecule has 8 nitrogen and oxygen atoms in total. The number of hydrogen-bond donors (Lipinski definition) is 1. The van der Waals surface area contributed by atoms with E-state index in [1.54, 1.807) is 24.3 Å². The van der Waals surface area contributed by atoms with Crippen molar-refractivity contribution in [3.05, 3.63) is 24.3 Å². The number of carbonyl (C=O) groups is 1. The normalized spacial score (nSPS) is 11.4. The van der Waals surface area contributed by atoms with Crippen LogP contribution in [0.3, 0.4) is 0 Å². The summed E-state index contributed by atoms with van der Waals surface area (Å²) in [4.78, 5) is 12.3. The molecule has 142 valence electrons. The van der Waals surface area contributed by atoms with Crippen LogP contribution in [0.4, 0.5) is 10.8 Å². The molecule has 0 saturated carbocycles. The maximum absolute atomic E-state index is 12.3. The van der Waals surface area contributed by atoms with Gasteiger partial charge in [-0.05, 0) is 12.1 Å². The number of amides is 1. The summed E-state index contributed by atoms with van der Waals surface area (Å²) in [5, 5.41) is 11.2. The number of sulfonamides is 1. The Labute approximate surface area is 161 Å². The van der Waals surface area contributed by atoms with Gasteiger partial charge < -0.3 is 4.74 Å². The molecule has 0 unspecified atom stereocenters. The molecule has 0 bridgehead atoms. The van der Waals surface area contributed by atoms with Crippen LogP contribution in [0.2, 0.25) is 0 Å². The van der Waals surface area contributed by atoms with E-state index in [-0.39, 0.29) is 6.54 Å². The van der Waals surface area contributed by atoms with Gasteiger partial charge in [-0.3, -0.25) is 14.4 Å². The lowest BCUT2D eigenvalue weighted by atomic mass is 10.3. The first-order valence-corrected chi connectivity index (χ1v) is 11.1. The van der Waals surface area contributed by atoms with E-state index in [9.17, 15) is 13.2 Å². The molecule has 1 aromatic heterocycles. The number of nitrogens with one attached hydrogen (secondary N) is 1. The number of rotatable bonds is 8. The zero-order valence-electron chi connectivity index (χ0n) is 14.8. The van der Waals surface area contributed by atoms with Gasteiger partial charge in [0.05, 0.1) is 19.1 Å². The van der Waals surface area contributed by atoms with Crippen LogP contribution in [0.25, 0.3) is 0 Å². The van der Waals surface area contributed by atoms with Crippen LogP contribution in [0, 0.1) is 0 Å². The van der Waals surface area contributed by atoms with Gasteiger partial charge in [0.2, 0.25) is 21.1 Å². The highest BCUT2D eigenvalue weighted by Crippen LogP contribution is 2.28. The molecule has 1 amide bonds. The minimum absolute atomic E-state index is 0.331. The largest absolute Gasteiger partial charge is 0.497 e. The van der Waals surface area contributed by atoms with Crippen LogP contribution >= 0.6 is 23.1 Å².